The summed E-state index contributed by atoms with van der Waals surface area (Å²) >= 11 is 0. The second kappa shape index (κ2) is 6.10. The lowest BCUT2D eigenvalue weighted by molar-refractivity contribution is -0.184. The van der Waals surface area contributed by atoms with Crippen LogP contribution in [0.25, 0.3) is 0 Å². The maximum atomic E-state index is 13.8. The van der Waals surface area contributed by atoms with Gasteiger partial charge in [0.2, 0.25) is 0 Å². The van der Waals surface area contributed by atoms with Crippen molar-refractivity contribution in [3.63, 3.8) is 0 Å². The summed E-state index contributed by atoms with van der Waals surface area (Å²) < 4.78 is 109. The van der Waals surface area contributed by atoms with E-state index in [9.17, 15) is 35.1 Å². The molecule has 2 aliphatic rings. The molecule has 130 valence electrons. The van der Waals surface area contributed by atoms with E-state index in [4.69, 9.17) is 10.2 Å². The number of alkyl halides is 8. The SMILES string of the molecule is OC1C(F)C(F)C(C2C(F)C(F)C(O)C(F)C2F)C(F)C1F. The molecule has 0 saturated heterocycles. The monoisotopic (exact) mass is 342 g/mol. The van der Waals surface area contributed by atoms with Crippen LogP contribution in [-0.4, -0.2) is 71.8 Å². The zero-order valence-electron chi connectivity index (χ0n) is 10.8. The standard InChI is InChI=1S/C12H14F8O2/c13-3-1(4(14)8(18)11(21)7(3)17)2-5(15)9(19)12(22)10(20)6(2)16/h1-12,21-22H. The molecule has 0 aromatic heterocycles. The Morgan fingerprint density at radius 1 is 0.364 bits per heavy atom. The third-order valence-electron chi connectivity index (χ3n) is 4.44. The fourth-order valence-corrected chi connectivity index (χ4v) is 3.15. The number of aliphatic hydroxyl groups excluding tert-OH is 2. The number of rotatable bonds is 1. The smallest absolute Gasteiger partial charge is 0.160 e. The minimum Gasteiger partial charge on any atom is -0.387 e. The summed E-state index contributed by atoms with van der Waals surface area (Å²) in [6, 6.07) is 0. The first-order valence-corrected chi connectivity index (χ1v) is 6.60. The van der Waals surface area contributed by atoms with E-state index in [0.717, 1.165) is 0 Å². The quantitative estimate of drug-likeness (QED) is 0.712. The molecule has 0 amide bonds. The van der Waals surface area contributed by atoms with Gasteiger partial charge in [0.15, 0.2) is 24.7 Å². The van der Waals surface area contributed by atoms with E-state index in [1.807, 2.05) is 0 Å². The molecule has 0 aromatic carbocycles. The van der Waals surface area contributed by atoms with Gasteiger partial charge in [-0.1, -0.05) is 0 Å². The van der Waals surface area contributed by atoms with Crippen molar-refractivity contribution >= 4 is 0 Å². The van der Waals surface area contributed by atoms with Crippen molar-refractivity contribution in [2.24, 2.45) is 11.8 Å². The van der Waals surface area contributed by atoms with Gasteiger partial charge in [0.25, 0.3) is 0 Å². The average molecular weight is 342 g/mol. The van der Waals surface area contributed by atoms with Crippen molar-refractivity contribution in [3.8, 4) is 0 Å². The number of aliphatic hydroxyl groups is 2. The highest BCUT2D eigenvalue weighted by atomic mass is 19.2. The molecule has 0 aromatic rings. The lowest BCUT2D eigenvalue weighted by Crippen LogP contribution is -2.64. The molecule has 2 saturated carbocycles. The predicted octanol–water partition coefficient (Wildman–Crippen LogP) is 1.67. The zero-order valence-corrected chi connectivity index (χ0v) is 10.8. The number of hydrogen-bond acceptors (Lipinski definition) is 2. The molecule has 10 heteroatoms. The molecule has 0 bridgehead atoms. The first-order chi connectivity index (χ1) is 10.1. The van der Waals surface area contributed by atoms with E-state index in [1.165, 1.54) is 0 Å². The molecular weight excluding hydrogens is 328 g/mol. The third-order valence-corrected chi connectivity index (χ3v) is 4.44. The van der Waals surface area contributed by atoms with Crippen LogP contribution in [0.2, 0.25) is 0 Å². The Bertz CT molecular complexity index is 333. The second-order valence-electron chi connectivity index (χ2n) is 5.69. The minimum atomic E-state index is -3.05. The van der Waals surface area contributed by atoms with Crippen molar-refractivity contribution in [1.82, 2.24) is 0 Å². The molecule has 22 heavy (non-hydrogen) atoms. The van der Waals surface area contributed by atoms with Crippen molar-refractivity contribution < 1.29 is 45.3 Å². The molecule has 8 unspecified atom stereocenters. The van der Waals surface area contributed by atoms with E-state index in [2.05, 4.69) is 0 Å². The third kappa shape index (κ3) is 2.47. The van der Waals surface area contributed by atoms with Gasteiger partial charge in [-0.3, -0.25) is 0 Å². The molecule has 2 fully saturated rings. The Morgan fingerprint density at radius 3 is 0.727 bits per heavy atom. The van der Waals surface area contributed by atoms with Gasteiger partial charge in [-0.2, -0.15) is 0 Å². The van der Waals surface area contributed by atoms with E-state index in [-0.39, 0.29) is 0 Å². The van der Waals surface area contributed by atoms with Crippen molar-refractivity contribution in [2.45, 2.75) is 61.6 Å². The minimum absolute atomic E-state index is 2.66. The Labute approximate surface area is 120 Å². The van der Waals surface area contributed by atoms with Crippen LogP contribution < -0.4 is 0 Å². The maximum absolute atomic E-state index is 13.8. The van der Waals surface area contributed by atoms with Gasteiger partial charge in [-0.15, -0.1) is 0 Å². The molecular formula is C12H14F8O2. The highest BCUT2D eigenvalue weighted by molar-refractivity contribution is 5.09. The topological polar surface area (TPSA) is 40.5 Å². The van der Waals surface area contributed by atoms with Gasteiger partial charge in [0, 0.05) is 11.8 Å². The average Bonchev–Trinajstić information content (AvgIpc) is 2.50. The second-order valence-corrected chi connectivity index (χ2v) is 5.69. The van der Waals surface area contributed by atoms with Crippen LogP contribution in [0.1, 0.15) is 0 Å². The number of hydrogen-bond donors (Lipinski definition) is 2. The Kier molecular flexibility index (Phi) is 4.91. The molecule has 2 rings (SSSR count). The van der Waals surface area contributed by atoms with Crippen LogP contribution in [0.3, 0.4) is 0 Å². The Balaban J connectivity index is 2.35. The molecule has 2 N–H and O–H groups in total. The Morgan fingerprint density at radius 2 is 0.545 bits per heavy atom. The summed E-state index contributed by atoms with van der Waals surface area (Å²) in [6.45, 7) is 0. The Hall–Kier alpha value is -0.640. The van der Waals surface area contributed by atoms with Gasteiger partial charge in [0.1, 0.15) is 36.9 Å². The van der Waals surface area contributed by atoms with Crippen LogP contribution in [0.15, 0.2) is 0 Å². The largest absolute Gasteiger partial charge is 0.387 e. The highest BCUT2D eigenvalue weighted by Crippen LogP contribution is 2.46. The predicted molar refractivity (Wildman–Crippen MR) is 58.2 cm³/mol. The molecule has 0 radical (unpaired) electrons. The maximum Gasteiger partial charge on any atom is 0.160 e. The van der Waals surface area contributed by atoms with Crippen LogP contribution in [0.5, 0.6) is 0 Å². The molecule has 2 nitrogen and oxygen atoms in total. The lowest BCUT2D eigenvalue weighted by atomic mass is 9.67. The van der Waals surface area contributed by atoms with Gasteiger partial charge in [0.05, 0.1) is 0 Å². The van der Waals surface area contributed by atoms with Gasteiger partial charge in [-0.05, 0) is 0 Å². The van der Waals surface area contributed by atoms with Gasteiger partial charge < -0.3 is 10.2 Å². The van der Waals surface area contributed by atoms with Crippen LogP contribution in [-0.2, 0) is 0 Å². The summed E-state index contributed by atoms with van der Waals surface area (Å²) in [4.78, 5) is 0. The van der Waals surface area contributed by atoms with Crippen LogP contribution in [0, 0.1) is 11.8 Å². The van der Waals surface area contributed by atoms with E-state index in [0.29, 0.717) is 0 Å². The molecule has 0 spiro atoms. The summed E-state index contributed by atoms with van der Waals surface area (Å²) in [5.74, 6) is -5.33. The summed E-state index contributed by atoms with van der Waals surface area (Å²) in [6.07, 6.45) is -29.5. The summed E-state index contributed by atoms with van der Waals surface area (Å²) in [5, 5.41) is 18.0. The van der Waals surface area contributed by atoms with E-state index < -0.39 is 73.4 Å². The number of halogens is 8. The normalized spacial score (nSPS) is 60.3. The fourth-order valence-electron chi connectivity index (χ4n) is 3.15. The van der Waals surface area contributed by atoms with Crippen LogP contribution >= 0.6 is 0 Å². The molecule has 0 aliphatic heterocycles. The zero-order chi connectivity index (χ0) is 16.9. The summed E-state index contributed by atoms with van der Waals surface area (Å²) in [7, 11) is 0. The molecule has 0 heterocycles. The fraction of sp³-hybridized carbons (Fsp3) is 1.00. The lowest BCUT2D eigenvalue weighted by Gasteiger charge is -2.46. The van der Waals surface area contributed by atoms with Crippen molar-refractivity contribution in [3.05, 3.63) is 0 Å². The molecule has 2 aliphatic carbocycles. The highest BCUT2D eigenvalue weighted by Gasteiger charge is 2.63. The van der Waals surface area contributed by atoms with E-state index in [1.54, 1.807) is 0 Å². The summed E-state index contributed by atoms with van der Waals surface area (Å²) in [5.41, 5.74) is 0. The first-order valence-electron chi connectivity index (χ1n) is 6.60. The molecule has 8 atom stereocenters. The first kappa shape index (κ1) is 17.7. The van der Waals surface area contributed by atoms with Crippen LogP contribution in [0.4, 0.5) is 35.1 Å². The van der Waals surface area contributed by atoms with Gasteiger partial charge >= 0.3 is 0 Å². The van der Waals surface area contributed by atoms with E-state index >= 15 is 0 Å². The van der Waals surface area contributed by atoms with Gasteiger partial charge in [-0.25, -0.2) is 35.1 Å². The van der Waals surface area contributed by atoms with Crippen molar-refractivity contribution in [2.75, 3.05) is 0 Å². The van der Waals surface area contributed by atoms with Crippen molar-refractivity contribution in [1.29, 1.82) is 0 Å².